The average Bonchev–Trinajstić information content (AvgIpc) is 3.57. The third-order valence-electron chi connectivity index (χ3n) is 7.24. The van der Waals surface area contributed by atoms with Crippen LogP contribution in [-0.2, 0) is 19.4 Å². The number of aromatic nitrogens is 3. The summed E-state index contributed by atoms with van der Waals surface area (Å²) < 4.78 is 14.5. The smallest absolute Gasteiger partial charge is 0.251 e. The number of fused-ring (bicyclic) bond motifs is 2. The molecule has 3 heterocycles. The molecule has 0 aliphatic rings. The Morgan fingerprint density at radius 3 is 2.51 bits per heavy atom. The molecule has 6 rings (SSSR count). The third kappa shape index (κ3) is 5.16. The molecule has 0 spiro atoms. The van der Waals surface area contributed by atoms with Crippen molar-refractivity contribution in [2.75, 3.05) is 0 Å². The van der Waals surface area contributed by atoms with Crippen molar-refractivity contribution < 1.29 is 9.18 Å². The largest absolute Gasteiger partial charge is 0.361 e. The van der Waals surface area contributed by atoms with E-state index in [0.29, 0.717) is 28.1 Å². The molecule has 0 saturated carbocycles. The van der Waals surface area contributed by atoms with Gasteiger partial charge in [0.15, 0.2) is 0 Å². The summed E-state index contributed by atoms with van der Waals surface area (Å²) in [6, 6.07) is 21.4. The highest BCUT2D eigenvalue weighted by Gasteiger charge is 2.12. The first-order valence-electron chi connectivity index (χ1n) is 12.8. The number of aromatic amines is 2. The Hall–Kier alpha value is -4.42. The van der Waals surface area contributed by atoms with E-state index in [1.165, 1.54) is 28.1 Å². The van der Waals surface area contributed by atoms with Crippen molar-refractivity contribution >= 4 is 39.3 Å². The molecule has 3 aromatic carbocycles. The van der Waals surface area contributed by atoms with Gasteiger partial charge in [0.05, 0.1) is 5.02 Å². The molecule has 0 atom stereocenters. The molecule has 3 N–H and O–H groups in total. The maximum absolute atomic E-state index is 14.5. The van der Waals surface area contributed by atoms with E-state index in [9.17, 15) is 9.18 Å². The minimum atomic E-state index is -0.402. The zero-order chi connectivity index (χ0) is 26.9. The highest BCUT2D eigenvalue weighted by Crippen LogP contribution is 2.26. The lowest BCUT2D eigenvalue weighted by atomic mass is 9.97. The summed E-state index contributed by atoms with van der Waals surface area (Å²) >= 11 is 6.16. The fourth-order valence-corrected chi connectivity index (χ4v) is 5.22. The summed E-state index contributed by atoms with van der Waals surface area (Å²) in [7, 11) is 0. The molecule has 6 aromatic rings. The van der Waals surface area contributed by atoms with Gasteiger partial charge in [-0.2, -0.15) is 0 Å². The molecule has 0 saturated heterocycles. The van der Waals surface area contributed by atoms with Gasteiger partial charge in [0.25, 0.3) is 5.91 Å². The minimum absolute atomic E-state index is 0.0533. The zero-order valence-corrected chi connectivity index (χ0v) is 22.1. The normalized spacial score (nSPS) is 11.4. The second-order valence-corrected chi connectivity index (χ2v) is 10.2. The zero-order valence-electron chi connectivity index (χ0n) is 21.3. The molecule has 39 heavy (non-hydrogen) atoms. The minimum Gasteiger partial charge on any atom is -0.361 e. The molecule has 0 fully saturated rings. The summed E-state index contributed by atoms with van der Waals surface area (Å²) in [6.07, 6.45) is 6.69. The van der Waals surface area contributed by atoms with Crippen LogP contribution in [0.3, 0.4) is 0 Å². The number of rotatable bonds is 7. The highest BCUT2D eigenvalue weighted by atomic mass is 35.5. The quantitative estimate of drug-likeness (QED) is 0.201. The van der Waals surface area contributed by atoms with Gasteiger partial charge in [-0.3, -0.25) is 9.78 Å². The maximum atomic E-state index is 14.5. The molecule has 3 aromatic heterocycles. The number of amides is 1. The van der Waals surface area contributed by atoms with Crippen molar-refractivity contribution in [3.63, 3.8) is 0 Å². The monoisotopic (exact) mass is 536 g/mol. The van der Waals surface area contributed by atoms with Gasteiger partial charge in [0.1, 0.15) is 5.82 Å². The molecule has 0 aliphatic carbocycles. The van der Waals surface area contributed by atoms with Crippen molar-refractivity contribution in [3.05, 3.63) is 135 Å². The molecule has 1 amide bonds. The molecule has 7 heteroatoms. The van der Waals surface area contributed by atoms with E-state index in [2.05, 4.69) is 69.7 Å². The van der Waals surface area contributed by atoms with E-state index >= 15 is 0 Å². The number of carbonyl (C=O) groups excluding carboxylic acids is 1. The van der Waals surface area contributed by atoms with Gasteiger partial charge in [-0.25, -0.2) is 4.39 Å². The van der Waals surface area contributed by atoms with E-state index in [4.69, 9.17) is 11.6 Å². The van der Waals surface area contributed by atoms with Gasteiger partial charge in [-0.1, -0.05) is 41.9 Å². The van der Waals surface area contributed by atoms with Crippen LogP contribution < -0.4 is 5.32 Å². The third-order valence-corrected chi connectivity index (χ3v) is 7.55. The SMILES string of the molecule is Cc1c(Cc2ccc(Cc3cc(C(=O)NCc4cc5c(Cl)c[nH]c5cc4F)ccn3)cc2)ccc2[nH]ccc12. The Bertz CT molecular complexity index is 1820. The molecule has 194 valence electrons. The van der Waals surface area contributed by atoms with Crippen molar-refractivity contribution in [2.45, 2.75) is 26.3 Å². The van der Waals surface area contributed by atoms with Gasteiger partial charge in [-0.15, -0.1) is 0 Å². The van der Waals surface area contributed by atoms with Crippen LogP contribution in [0.4, 0.5) is 4.39 Å². The van der Waals surface area contributed by atoms with Crippen molar-refractivity contribution in [1.29, 1.82) is 0 Å². The van der Waals surface area contributed by atoms with Gasteiger partial charge in [0.2, 0.25) is 0 Å². The fraction of sp³-hybridized carbons (Fsp3) is 0.125. The topological polar surface area (TPSA) is 73.6 Å². The summed E-state index contributed by atoms with van der Waals surface area (Å²) in [6.45, 7) is 2.22. The Morgan fingerprint density at radius 1 is 0.897 bits per heavy atom. The lowest BCUT2D eigenvalue weighted by Gasteiger charge is -2.10. The van der Waals surface area contributed by atoms with Gasteiger partial charge in [0, 0.05) is 70.2 Å². The standard InChI is InChI=1S/C32H26ClFN4O/c1-19-22(6-7-30-26(19)9-11-36-30)12-20-2-4-21(5-3-20)13-25-14-23(8-10-35-25)32(39)38-17-24-15-27-28(33)18-37-31(27)16-29(24)34/h2-11,14-16,18,36-37H,12-13,17H2,1H3,(H,38,39). The number of nitrogens with zero attached hydrogens (tertiary/aromatic N) is 1. The number of H-pyrrole nitrogens is 2. The van der Waals surface area contributed by atoms with Crippen molar-refractivity contribution in [1.82, 2.24) is 20.3 Å². The Balaban J connectivity index is 1.10. The summed E-state index contributed by atoms with van der Waals surface area (Å²) in [5.74, 6) is -0.691. The number of hydrogen-bond acceptors (Lipinski definition) is 2. The summed E-state index contributed by atoms with van der Waals surface area (Å²) in [4.78, 5) is 23.5. The van der Waals surface area contributed by atoms with E-state index in [0.717, 1.165) is 28.6 Å². The number of hydrogen-bond donors (Lipinski definition) is 3. The molecule has 5 nitrogen and oxygen atoms in total. The van der Waals surface area contributed by atoms with Crippen LogP contribution in [0.25, 0.3) is 21.8 Å². The maximum Gasteiger partial charge on any atom is 0.251 e. The number of nitrogens with one attached hydrogen (secondary N) is 3. The van der Waals surface area contributed by atoms with E-state index in [-0.39, 0.29) is 12.5 Å². The number of aryl methyl sites for hydroxylation is 1. The van der Waals surface area contributed by atoms with Gasteiger partial charge < -0.3 is 15.3 Å². The number of halogens is 2. The molecule has 0 unspecified atom stereocenters. The average molecular weight is 537 g/mol. The summed E-state index contributed by atoms with van der Waals surface area (Å²) in [5.41, 5.74) is 8.38. The van der Waals surface area contributed by atoms with Crippen LogP contribution in [0.5, 0.6) is 0 Å². The van der Waals surface area contributed by atoms with Crippen LogP contribution in [0.2, 0.25) is 5.02 Å². The van der Waals surface area contributed by atoms with Crippen LogP contribution in [0.1, 0.15) is 43.9 Å². The second-order valence-electron chi connectivity index (χ2n) is 9.80. The Labute approximate surface area is 230 Å². The predicted molar refractivity (Wildman–Crippen MR) is 154 cm³/mol. The van der Waals surface area contributed by atoms with E-state index in [1.54, 1.807) is 30.6 Å². The highest BCUT2D eigenvalue weighted by molar-refractivity contribution is 6.35. The van der Waals surface area contributed by atoms with Gasteiger partial charge >= 0.3 is 0 Å². The predicted octanol–water partition coefficient (Wildman–Crippen LogP) is 7.26. The lowest BCUT2D eigenvalue weighted by Crippen LogP contribution is -2.23. The van der Waals surface area contributed by atoms with Gasteiger partial charge in [-0.05, 0) is 72.0 Å². The molecule has 0 bridgehead atoms. The number of carbonyl (C=O) groups is 1. The fourth-order valence-electron chi connectivity index (χ4n) is 5.01. The van der Waals surface area contributed by atoms with Crippen LogP contribution in [-0.4, -0.2) is 20.9 Å². The molecular formula is C32H26ClFN4O. The second kappa shape index (κ2) is 10.4. The first-order valence-corrected chi connectivity index (χ1v) is 13.1. The Morgan fingerprint density at radius 2 is 1.69 bits per heavy atom. The molecule has 0 aliphatic heterocycles. The van der Waals surface area contributed by atoms with Crippen molar-refractivity contribution in [2.24, 2.45) is 0 Å². The van der Waals surface area contributed by atoms with E-state index < -0.39 is 5.82 Å². The van der Waals surface area contributed by atoms with Crippen LogP contribution >= 0.6 is 11.6 Å². The molecular weight excluding hydrogens is 511 g/mol. The Kier molecular flexibility index (Phi) is 6.63. The lowest BCUT2D eigenvalue weighted by molar-refractivity contribution is 0.0950. The number of pyridine rings is 1. The first kappa shape index (κ1) is 24.9. The summed E-state index contributed by atoms with van der Waals surface area (Å²) in [5, 5.41) is 5.30. The van der Waals surface area contributed by atoms with Crippen molar-refractivity contribution in [3.8, 4) is 0 Å². The first-order chi connectivity index (χ1) is 18.9. The number of benzene rings is 3. The van der Waals surface area contributed by atoms with Crippen LogP contribution in [0.15, 0.2) is 85.3 Å². The van der Waals surface area contributed by atoms with Crippen LogP contribution in [0, 0.1) is 12.7 Å². The molecule has 0 radical (unpaired) electrons. The van der Waals surface area contributed by atoms with E-state index in [1.807, 2.05) is 6.20 Å².